The zero-order chi connectivity index (χ0) is 17.7. The van der Waals surface area contributed by atoms with Gasteiger partial charge in [-0.25, -0.2) is 9.97 Å². The third-order valence-electron chi connectivity index (χ3n) is 3.59. The van der Waals surface area contributed by atoms with Crippen LogP contribution in [-0.4, -0.2) is 22.4 Å². The Kier molecular flexibility index (Phi) is 5.90. The molecule has 0 saturated heterocycles. The molecule has 1 amide bonds. The summed E-state index contributed by atoms with van der Waals surface area (Å²) in [5, 5.41) is 6.05. The molecule has 0 fully saturated rings. The van der Waals surface area contributed by atoms with Gasteiger partial charge in [0, 0.05) is 17.9 Å². The number of nitrogens with one attached hydrogen (secondary N) is 2. The first-order valence-corrected chi connectivity index (χ1v) is 8.36. The maximum atomic E-state index is 12.2. The first-order chi connectivity index (χ1) is 11.3. The molecule has 0 aliphatic carbocycles. The second-order valence-electron chi connectivity index (χ2n) is 6.72. The van der Waals surface area contributed by atoms with E-state index in [4.69, 9.17) is 0 Å². The minimum atomic E-state index is -0.174. The van der Waals surface area contributed by atoms with Gasteiger partial charge in [-0.15, -0.1) is 0 Å². The van der Waals surface area contributed by atoms with E-state index in [1.807, 2.05) is 19.1 Å². The van der Waals surface area contributed by atoms with Crippen molar-refractivity contribution in [2.75, 3.05) is 11.9 Å². The summed E-state index contributed by atoms with van der Waals surface area (Å²) < 4.78 is 0. The molecule has 0 aliphatic heterocycles. The third kappa shape index (κ3) is 5.05. The molecule has 5 nitrogen and oxygen atoms in total. The van der Waals surface area contributed by atoms with Crippen LogP contribution in [0.3, 0.4) is 0 Å². The van der Waals surface area contributed by atoms with E-state index in [1.54, 1.807) is 6.07 Å². The number of nitrogens with zero attached hydrogens (tertiary/aromatic N) is 2. The van der Waals surface area contributed by atoms with Crippen LogP contribution in [0.25, 0.3) is 0 Å². The number of hydrogen-bond donors (Lipinski definition) is 2. The number of amides is 1. The van der Waals surface area contributed by atoms with E-state index < -0.39 is 0 Å². The Morgan fingerprint density at radius 3 is 2.33 bits per heavy atom. The predicted octanol–water partition coefficient (Wildman–Crippen LogP) is 4.04. The van der Waals surface area contributed by atoms with E-state index in [0.717, 1.165) is 11.4 Å². The fraction of sp³-hybridized carbons (Fsp3) is 0.421. The van der Waals surface area contributed by atoms with Gasteiger partial charge in [-0.05, 0) is 42.5 Å². The van der Waals surface area contributed by atoms with Crippen LogP contribution in [-0.2, 0) is 0 Å². The highest BCUT2D eigenvalue weighted by molar-refractivity contribution is 5.92. The van der Waals surface area contributed by atoms with Crippen molar-refractivity contribution in [2.24, 2.45) is 5.92 Å². The zero-order valence-corrected chi connectivity index (χ0v) is 15.1. The average Bonchev–Trinajstić information content (AvgIpc) is 2.52. The summed E-state index contributed by atoms with van der Waals surface area (Å²) in [6.07, 6.45) is 0. The van der Waals surface area contributed by atoms with Gasteiger partial charge in [0.05, 0.1) is 0 Å². The van der Waals surface area contributed by atoms with Crippen molar-refractivity contribution in [3.63, 3.8) is 0 Å². The SMILES string of the molecule is Cc1cc(C(=O)NCC(C)C)nc(Nc2ccc(C(C)C)cc2)n1. The van der Waals surface area contributed by atoms with Gasteiger partial charge in [-0.2, -0.15) is 0 Å². The minimum absolute atomic E-state index is 0.174. The number of aryl methyl sites for hydroxylation is 1. The van der Waals surface area contributed by atoms with Gasteiger partial charge in [0.1, 0.15) is 5.69 Å². The fourth-order valence-corrected chi connectivity index (χ4v) is 2.21. The van der Waals surface area contributed by atoms with Crippen LogP contribution in [0.15, 0.2) is 30.3 Å². The van der Waals surface area contributed by atoms with E-state index in [9.17, 15) is 4.79 Å². The van der Waals surface area contributed by atoms with Gasteiger partial charge in [0.15, 0.2) is 0 Å². The normalized spacial score (nSPS) is 11.0. The summed E-state index contributed by atoms with van der Waals surface area (Å²) >= 11 is 0. The summed E-state index contributed by atoms with van der Waals surface area (Å²) in [4.78, 5) is 20.9. The van der Waals surface area contributed by atoms with Crippen molar-refractivity contribution in [2.45, 2.75) is 40.5 Å². The first kappa shape index (κ1) is 17.9. The lowest BCUT2D eigenvalue weighted by Crippen LogP contribution is -2.28. The molecule has 0 spiro atoms. The second-order valence-corrected chi connectivity index (χ2v) is 6.72. The summed E-state index contributed by atoms with van der Waals surface area (Å²) in [5.41, 5.74) is 3.31. The Bertz CT molecular complexity index is 693. The molecule has 5 heteroatoms. The molecular formula is C19H26N4O. The first-order valence-electron chi connectivity index (χ1n) is 8.36. The molecular weight excluding hydrogens is 300 g/mol. The Morgan fingerprint density at radius 1 is 1.08 bits per heavy atom. The summed E-state index contributed by atoms with van der Waals surface area (Å²) in [7, 11) is 0. The number of hydrogen-bond acceptors (Lipinski definition) is 4. The molecule has 1 aromatic heterocycles. The van der Waals surface area contributed by atoms with Gasteiger partial charge < -0.3 is 10.6 Å². The maximum absolute atomic E-state index is 12.2. The Labute approximate surface area is 143 Å². The van der Waals surface area contributed by atoms with Crippen LogP contribution in [0.4, 0.5) is 11.6 Å². The van der Waals surface area contributed by atoms with Gasteiger partial charge in [-0.1, -0.05) is 39.8 Å². The van der Waals surface area contributed by atoms with Crippen LogP contribution in [0.1, 0.15) is 55.4 Å². The third-order valence-corrected chi connectivity index (χ3v) is 3.59. The molecule has 1 aromatic carbocycles. The number of anilines is 2. The van der Waals surface area contributed by atoms with Crippen LogP contribution < -0.4 is 10.6 Å². The lowest BCUT2D eigenvalue weighted by molar-refractivity contribution is 0.0944. The topological polar surface area (TPSA) is 66.9 Å². The molecule has 0 saturated carbocycles. The molecule has 0 unspecified atom stereocenters. The Hall–Kier alpha value is -2.43. The summed E-state index contributed by atoms with van der Waals surface area (Å²) in [5.74, 6) is 1.15. The molecule has 2 rings (SSSR count). The Morgan fingerprint density at radius 2 is 1.75 bits per heavy atom. The van der Waals surface area contributed by atoms with Crippen molar-refractivity contribution in [1.82, 2.24) is 15.3 Å². The van der Waals surface area contributed by atoms with Crippen molar-refractivity contribution >= 4 is 17.5 Å². The van der Waals surface area contributed by atoms with Gasteiger partial charge >= 0.3 is 0 Å². The summed E-state index contributed by atoms with van der Waals surface area (Å²) in [6, 6.07) is 9.86. The van der Waals surface area contributed by atoms with Crippen LogP contribution >= 0.6 is 0 Å². The number of carbonyl (C=O) groups excluding carboxylic acids is 1. The van der Waals surface area contributed by atoms with Gasteiger partial charge in [0.25, 0.3) is 5.91 Å². The van der Waals surface area contributed by atoms with Gasteiger partial charge in [0.2, 0.25) is 5.95 Å². The molecule has 0 aliphatic rings. The average molecular weight is 326 g/mol. The Balaban J connectivity index is 2.14. The maximum Gasteiger partial charge on any atom is 0.270 e. The number of carbonyl (C=O) groups is 1. The predicted molar refractivity (Wildman–Crippen MR) is 97.8 cm³/mol. The van der Waals surface area contributed by atoms with E-state index in [-0.39, 0.29) is 5.91 Å². The van der Waals surface area contributed by atoms with Crippen molar-refractivity contribution < 1.29 is 4.79 Å². The van der Waals surface area contributed by atoms with Gasteiger partial charge in [-0.3, -0.25) is 4.79 Å². The molecule has 128 valence electrons. The quantitative estimate of drug-likeness (QED) is 0.841. The molecule has 24 heavy (non-hydrogen) atoms. The second kappa shape index (κ2) is 7.90. The van der Waals surface area contributed by atoms with E-state index >= 15 is 0 Å². The lowest BCUT2D eigenvalue weighted by atomic mass is 10.0. The lowest BCUT2D eigenvalue weighted by Gasteiger charge is -2.11. The molecule has 0 bridgehead atoms. The zero-order valence-electron chi connectivity index (χ0n) is 15.1. The fourth-order valence-electron chi connectivity index (χ4n) is 2.21. The highest BCUT2D eigenvalue weighted by Gasteiger charge is 2.11. The smallest absolute Gasteiger partial charge is 0.270 e. The van der Waals surface area contributed by atoms with Crippen molar-refractivity contribution in [1.29, 1.82) is 0 Å². The highest BCUT2D eigenvalue weighted by Crippen LogP contribution is 2.19. The molecule has 2 aromatic rings. The van der Waals surface area contributed by atoms with E-state index in [2.05, 4.69) is 60.4 Å². The summed E-state index contributed by atoms with van der Waals surface area (Å²) in [6.45, 7) is 10.9. The molecule has 0 radical (unpaired) electrons. The van der Waals surface area contributed by atoms with E-state index in [1.165, 1.54) is 5.56 Å². The highest BCUT2D eigenvalue weighted by atomic mass is 16.1. The standard InChI is InChI=1S/C19H26N4O/c1-12(2)11-20-18(24)17-10-14(5)21-19(23-17)22-16-8-6-15(7-9-16)13(3)4/h6-10,12-13H,11H2,1-5H3,(H,20,24)(H,21,22,23). The monoisotopic (exact) mass is 326 g/mol. The van der Waals surface area contributed by atoms with Crippen LogP contribution in [0.5, 0.6) is 0 Å². The van der Waals surface area contributed by atoms with Crippen molar-refractivity contribution in [3.8, 4) is 0 Å². The molecule has 2 N–H and O–H groups in total. The molecule has 0 atom stereocenters. The number of rotatable bonds is 6. The van der Waals surface area contributed by atoms with Crippen molar-refractivity contribution in [3.05, 3.63) is 47.3 Å². The molecule has 1 heterocycles. The van der Waals surface area contributed by atoms with E-state index in [0.29, 0.717) is 30.0 Å². The minimum Gasteiger partial charge on any atom is -0.350 e. The number of aromatic nitrogens is 2. The van der Waals surface area contributed by atoms with Crippen LogP contribution in [0, 0.1) is 12.8 Å². The number of benzene rings is 1. The largest absolute Gasteiger partial charge is 0.350 e. The van der Waals surface area contributed by atoms with Crippen LogP contribution in [0.2, 0.25) is 0 Å².